The van der Waals surface area contributed by atoms with E-state index in [1.807, 2.05) is 0 Å². The Morgan fingerprint density at radius 1 is 1.57 bits per heavy atom. The third-order valence-corrected chi connectivity index (χ3v) is 3.65. The molecule has 3 N–H and O–H groups in total. The van der Waals surface area contributed by atoms with Crippen molar-refractivity contribution in [1.82, 2.24) is 4.90 Å². The molecule has 21 heavy (non-hydrogen) atoms. The van der Waals surface area contributed by atoms with Crippen LogP contribution in [-0.2, 0) is 0 Å². The van der Waals surface area contributed by atoms with Gasteiger partial charge in [0.05, 0.1) is 12.7 Å². The summed E-state index contributed by atoms with van der Waals surface area (Å²) < 4.78 is 18.9. The van der Waals surface area contributed by atoms with Crippen molar-refractivity contribution in [2.24, 2.45) is 16.8 Å². The van der Waals surface area contributed by atoms with Crippen LogP contribution in [0.3, 0.4) is 0 Å². The van der Waals surface area contributed by atoms with Gasteiger partial charge < -0.3 is 20.6 Å². The first-order valence-corrected chi connectivity index (χ1v) is 6.67. The Morgan fingerprint density at radius 2 is 2.33 bits per heavy atom. The van der Waals surface area contributed by atoms with Gasteiger partial charge in [0, 0.05) is 25.1 Å². The van der Waals surface area contributed by atoms with E-state index < -0.39 is 11.7 Å². The SMILES string of the molecule is COc1ccc(C(=O)N2CCCC(/C(N)=N/O)C2)c(F)c1. The maximum Gasteiger partial charge on any atom is 0.256 e. The van der Waals surface area contributed by atoms with E-state index in [-0.39, 0.29) is 17.3 Å². The predicted octanol–water partition coefficient (Wildman–Crippen LogP) is 1.43. The monoisotopic (exact) mass is 295 g/mol. The molecule has 2 rings (SSSR count). The van der Waals surface area contributed by atoms with Gasteiger partial charge in [-0.25, -0.2) is 4.39 Å². The van der Waals surface area contributed by atoms with Crippen molar-refractivity contribution in [2.75, 3.05) is 20.2 Å². The number of piperidine rings is 1. The van der Waals surface area contributed by atoms with Crippen molar-refractivity contribution in [2.45, 2.75) is 12.8 Å². The second-order valence-electron chi connectivity index (χ2n) is 4.96. The van der Waals surface area contributed by atoms with E-state index in [4.69, 9.17) is 15.7 Å². The molecule has 0 spiro atoms. The molecule has 0 aromatic heterocycles. The van der Waals surface area contributed by atoms with E-state index >= 15 is 0 Å². The third kappa shape index (κ3) is 3.24. The molecule has 1 aromatic carbocycles. The number of amidine groups is 1. The molecular weight excluding hydrogens is 277 g/mol. The zero-order valence-electron chi connectivity index (χ0n) is 11.8. The van der Waals surface area contributed by atoms with E-state index in [0.29, 0.717) is 18.8 Å². The number of hydrogen-bond donors (Lipinski definition) is 2. The van der Waals surface area contributed by atoms with Gasteiger partial charge >= 0.3 is 0 Å². The molecule has 114 valence electrons. The summed E-state index contributed by atoms with van der Waals surface area (Å²) in [6.07, 6.45) is 1.47. The zero-order chi connectivity index (χ0) is 15.4. The summed E-state index contributed by atoms with van der Waals surface area (Å²) in [4.78, 5) is 13.9. The molecule has 1 aliphatic rings. The summed E-state index contributed by atoms with van der Waals surface area (Å²) in [5, 5.41) is 11.7. The molecule has 0 radical (unpaired) electrons. The Hall–Kier alpha value is -2.31. The van der Waals surface area contributed by atoms with Crippen molar-refractivity contribution in [3.63, 3.8) is 0 Å². The average molecular weight is 295 g/mol. The molecule has 0 saturated carbocycles. The van der Waals surface area contributed by atoms with Crippen LogP contribution in [0.1, 0.15) is 23.2 Å². The minimum Gasteiger partial charge on any atom is -0.497 e. The second kappa shape index (κ2) is 6.43. The number of hydrogen-bond acceptors (Lipinski definition) is 4. The number of nitrogens with two attached hydrogens (primary N) is 1. The van der Waals surface area contributed by atoms with Crippen LogP contribution >= 0.6 is 0 Å². The van der Waals surface area contributed by atoms with Crippen LogP contribution in [-0.4, -0.2) is 42.0 Å². The van der Waals surface area contributed by atoms with Gasteiger partial charge in [0.25, 0.3) is 5.91 Å². The number of amides is 1. The first kappa shape index (κ1) is 15.1. The van der Waals surface area contributed by atoms with Gasteiger partial charge in [-0.15, -0.1) is 0 Å². The van der Waals surface area contributed by atoms with E-state index in [2.05, 4.69) is 5.16 Å². The molecule has 1 unspecified atom stereocenters. The van der Waals surface area contributed by atoms with Gasteiger partial charge in [0.15, 0.2) is 0 Å². The maximum absolute atomic E-state index is 13.9. The van der Waals surface area contributed by atoms with Gasteiger partial charge in [0.1, 0.15) is 17.4 Å². The Labute approximate surface area is 122 Å². The molecule has 1 heterocycles. The van der Waals surface area contributed by atoms with Crippen LogP contribution in [0.15, 0.2) is 23.4 Å². The van der Waals surface area contributed by atoms with Crippen LogP contribution in [0.2, 0.25) is 0 Å². The van der Waals surface area contributed by atoms with E-state index in [9.17, 15) is 9.18 Å². The number of benzene rings is 1. The summed E-state index contributed by atoms with van der Waals surface area (Å²) in [5.41, 5.74) is 5.58. The average Bonchev–Trinajstić information content (AvgIpc) is 2.53. The van der Waals surface area contributed by atoms with Crippen molar-refractivity contribution in [3.8, 4) is 5.75 Å². The first-order valence-electron chi connectivity index (χ1n) is 6.67. The van der Waals surface area contributed by atoms with Crippen molar-refractivity contribution in [1.29, 1.82) is 0 Å². The predicted molar refractivity (Wildman–Crippen MR) is 75.0 cm³/mol. The molecule has 6 nitrogen and oxygen atoms in total. The van der Waals surface area contributed by atoms with Gasteiger partial charge in [-0.3, -0.25) is 4.79 Å². The standard InChI is InChI=1S/C14H18FN3O3/c1-21-10-4-5-11(12(15)7-10)14(19)18-6-2-3-9(8-18)13(16)17-20/h4-5,7,9,20H,2-3,6,8H2,1H3,(H2,16,17). The van der Waals surface area contributed by atoms with Gasteiger partial charge in [-0.05, 0) is 25.0 Å². The van der Waals surface area contributed by atoms with Crippen LogP contribution in [0.4, 0.5) is 4.39 Å². The molecule has 0 aliphatic carbocycles. The van der Waals surface area contributed by atoms with E-state index in [1.165, 1.54) is 24.1 Å². The van der Waals surface area contributed by atoms with E-state index in [1.54, 1.807) is 6.07 Å². The Kier molecular flexibility index (Phi) is 4.62. The molecule has 1 atom stereocenters. The number of oxime groups is 1. The summed E-state index contributed by atoms with van der Waals surface area (Å²) >= 11 is 0. The number of nitrogens with zero attached hydrogens (tertiary/aromatic N) is 2. The van der Waals surface area contributed by atoms with Crippen LogP contribution < -0.4 is 10.5 Å². The van der Waals surface area contributed by atoms with Crippen LogP contribution in [0, 0.1) is 11.7 Å². The third-order valence-electron chi connectivity index (χ3n) is 3.65. The summed E-state index contributed by atoms with van der Waals surface area (Å²) in [7, 11) is 1.43. The Bertz CT molecular complexity index is 562. The number of likely N-dealkylation sites (tertiary alicyclic amines) is 1. The zero-order valence-corrected chi connectivity index (χ0v) is 11.8. The highest BCUT2D eigenvalue weighted by molar-refractivity contribution is 5.95. The van der Waals surface area contributed by atoms with E-state index in [0.717, 1.165) is 12.8 Å². The lowest BCUT2D eigenvalue weighted by atomic mass is 9.96. The topological polar surface area (TPSA) is 88.2 Å². The molecule has 1 amide bonds. The fourth-order valence-electron chi connectivity index (χ4n) is 2.45. The number of halogens is 1. The van der Waals surface area contributed by atoms with Crippen LogP contribution in [0.25, 0.3) is 0 Å². The highest BCUT2D eigenvalue weighted by Crippen LogP contribution is 2.22. The highest BCUT2D eigenvalue weighted by Gasteiger charge is 2.28. The number of rotatable bonds is 3. The van der Waals surface area contributed by atoms with Crippen LogP contribution in [0.5, 0.6) is 5.75 Å². The Balaban J connectivity index is 2.16. The molecule has 1 aromatic rings. The minimum absolute atomic E-state index is 0.00374. The van der Waals surface area contributed by atoms with Crippen molar-refractivity contribution >= 4 is 11.7 Å². The molecule has 1 fully saturated rings. The number of carbonyl (C=O) groups excluding carboxylic acids is 1. The molecule has 1 aliphatic heterocycles. The summed E-state index contributed by atoms with van der Waals surface area (Å²) in [6.45, 7) is 0.847. The lowest BCUT2D eigenvalue weighted by molar-refractivity contribution is 0.0696. The summed E-state index contributed by atoms with van der Waals surface area (Å²) in [5.74, 6) is -0.759. The summed E-state index contributed by atoms with van der Waals surface area (Å²) in [6, 6.07) is 4.13. The fraction of sp³-hybridized carbons (Fsp3) is 0.429. The van der Waals surface area contributed by atoms with Crippen molar-refractivity contribution in [3.05, 3.63) is 29.6 Å². The normalized spacial score (nSPS) is 19.4. The maximum atomic E-state index is 13.9. The number of methoxy groups -OCH3 is 1. The highest BCUT2D eigenvalue weighted by atomic mass is 19.1. The minimum atomic E-state index is -0.620. The van der Waals surface area contributed by atoms with Gasteiger partial charge in [-0.2, -0.15) is 0 Å². The molecule has 7 heteroatoms. The fourth-order valence-corrected chi connectivity index (χ4v) is 2.45. The van der Waals surface area contributed by atoms with Crippen molar-refractivity contribution < 1.29 is 19.1 Å². The van der Waals surface area contributed by atoms with Gasteiger partial charge in [-0.1, -0.05) is 5.16 Å². The Morgan fingerprint density at radius 3 is 2.95 bits per heavy atom. The molecule has 0 bridgehead atoms. The lowest BCUT2D eigenvalue weighted by Gasteiger charge is -2.32. The largest absolute Gasteiger partial charge is 0.497 e. The second-order valence-corrected chi connectivity index (χ2v) is 4.96. The quantitative estimate of drug-likeness (QED) is 0.382. The number of carbonyl (C=O) groups is 1. The van der Waals surface area contributed by atoms with Gasteiger partial charge in [0.2, 0.25) is 0 Å². The lowest BCUT2D eigenvalue weighted by Crippen LogP contribution is -2.44. The molecule has 1 saturated heterocycles. The molecular formula is C14H18FN3O3. The number of ether oxygens (including phenoxy) is 1. The smallest absolute Gasteiger partial charge is 0.256 e. The first-order chi connectivity index (χ1) is 10.1.